The van der Waals surface area contributed by atoms with Gasteiger partial charge < -0.3 is 28.3 Å². The van der Waals surface area contributed by atoms with Gasteiger partial charge in [-0.3, -0.25) is 0 Å². The van der Waals surface area contributed by atoms with Crippen molar-refractivity contribution in [1.29, 1.82) is 0 Å². The van der Waals surface area contributed by atoms with Gasteiger partial charge in [-0.1, -0.05) is 102 Å². The van der Waals surface area contributed by atoms with Gasteiger partial charge in [0, 0.05) is 24.2 Å². The molecule has 10 atom stereocenters. The molecular formula is C50H105N5. The Hall–Kier alpha value is -0.200. The summed E-state index contributed by atoms with van der Waals surface area (Å²) in [6.45, 7) is 32.7. The number of hydrogen-bond donors (Lipinski definition) is 5. The molecule has 4 saturated carbocycles. The van der Waals surface area contributed by atoms with Gasteiger partial charge in [0.05, 0.1) is 0 Å². The second-order valence-electron chi connectivity index (χ2n) is 22.5. The summed E-state index contributed by atoms with van der Waals surface area (Å²) in [4.78, 5) is 0. The van der Waals surface area contributed by atoms with E-state index >= 15 is 0 Å². The van der Waals surface area contributed by atoms with Crippen molar-refractivity contribution in [3.63, 3.8) is 0 Å². The van der Waals surface area contributed by atoms with E-state index in [1.54, 1.807) is 0 Å². The van der Waals surface area contributed by atoms with E-state index in [0.717, 1.165) is 90.6 Å². The van der Waals surface area contributed by atoms with Crippen LogP contribution in [0.1, 0.15) is 206 Å². The molecular weight excluding hydrogens is 671 g/mol. The smallest absolute Gasteiger partial charge is 0.0138 e. The molecule has 55 heavy (non-hydrogen) atoms. The Balaban J connectivity index is 0.000000345. The average molecular weight is 776 g/mol. The molecule has 1 heterocycles. The van der Waals surface area contributed by atoms with E-state index in [0.29, 0.717) is 18.0 Å². The van der Waals surface area contributed by atoms with Gasteiger partial charge in [0.25, 0.3) is 0 Å². The molecule has 0 bridgehead atoms. The van der Waals surface area contributed by atoms with Crippen molar-refractivity contribution in [3.8, 4) is 0 Å². The highest BCUT2D eigenvalue weighted by Crippen LogP contribution is 2.37. The molecule has 4 aliphatic carbocycles. The Bertz CT molecular complexity index is 880. The van der Waals surface area contributed by atoms with Crippen LogP contribution < -0.4 is 28.3 Å². The Morgan fingerprint density at radius 1 is 0.527 bits per heavy atom. The molecule has 0 aromatic carbocycles. The van der Waals surface area contributed by atoms with E-state index in [9.17, 15) is 0 Å². The van der Waals surface area contributed by atoms with Crippen LogP contribution in [0.15, 0.2) is 0 Å². The Morgan fingerprint density at radius 2 is 0.945 bits per heavy atom. The molecule has 0 radical (unpaired) electrons. The lowest BCUT2D eigenvalue weighted by atomic mass is 9.85. The van der Waals surface area contributed by atoms with Gasteiger partial charge >= 0.3 is 0 Å². The van der Waals surface area contributed by atoms with Gasteiger partial charge in [-0.05, 0) is 194 Å². The third-order valence-electron chi connectivity index (χ3n) is 14.1. The van der Waals surface area contributed by atoms with Crippen molar-refractivity contribution in [3.05, 3.63) is 0 Å². The zero-order chi connectivity index (χ0) is 41.7. The molecule has 0 amide bonds. The summed E-state index contributed by atoms with van der Waals surface area (Å²) in [7, 11) is 0. The highest BCUT2D eigenvalue weighted by atomic mass is 15.0. The summed E-state index contributed by atoms with van der Waals surface area (Å²) in [5, 5.41) is 3.56. The summed E-state index contributed by atoms with van der Waals surface area (Å²) in [6.07, 6.45) is 25.0. The van der Waals surface area contributed by atoms with Crippen LogP contribution in [0, 0.1) is 76.9 Å². The van der Waals surface area contributed by atoms with Gasteiger partial charge in [-0.25, -0.2) is 0 Å². The fraction of sp³-hybridized carbons (Fsp3) is 1.00. The van der Waals surface area contributed by atoms with Crippen molar-refractivity contribution >= 4 is 0 Å². The standard InChI is InChI=1S/C11H24N2.2C10H21N.C10H20.C9H19N/c1-8(2)5-10-6-9(7-13-10)11(3,4)12;2*1-8(2)5-9-3-4-10(6-9)7-11;1-4-9-5-6-10(7-9)8(2)3;1-7(2)5-8-3-4-9(10)6-8/h8-10,13H,5-7,12H2,1-4H3;2*8-10H,3-7,11H2,1-2H3;8-10H,4-7H2,1-3H3;7-9H,3-6,10H2,1-2H3/t9?,10-;9-,10+;9-,10-;9-,10+;8-,9-/m11101/s1. The number of rotatable bonds is 13. The van der Waals surface area contributed by atoms with Crippen molar-refractivity contribution in [2.75, 3.05) is 19.6 Å². The van der Waals surface area contributed by atoms with E-state index in [1.165, 1.54) is 116 Å². The zero-order valence-corrected chi connectivity index (χ0v) is 39.8. The van der Waals surface area contributed by atoms with E-state index in [4.69, 9.17) is 22.9 Å². The molecule has 5 nitrogen and oxygen atoms in total. The van der Waals surface area contributed by atoms with Crippen LogP contribution in [-0.2, 0) is 0 Å². The highest BCUT2D eigenvalue weighted by molar-refractivity contribution is 4.92. The van der Waals surface area contributed by atoms with Crippen molar-refractivity contribution in [1.82, 2.24) is 5.32 Å². The average Bonchev–Trinajstić information content (AvgIpc) is 3.93. The topological polar surface area (TPSA) is 116 Å². The van der Waals surface area contributed by atoms with Crippen LogP contribution in [-0.4, -0.2) is 37.3 Å². The third-order valence-corrected chi connectivity index (χ3v) is 14.1. The van der Waals surface area contributed by atoms with Crippen molar-refractivity contribution < 1.29 is 0 Å². The third kappa shape index (κ3) is 24.5. The van der Waals surface area contributed by atoms with E-state index in [-0.39, 0.29) is 5.54 Å². The molecule has 5 rings (SSSR count). The second kappa shape index (κ2) is 28.3. The largest absolute Gasteiger partial charge is 0.330 e. The molecule has 1 aliphatic heterocycles. The molecule has 5 heteroatoms. The summed E-state index contributed by atoms with van der Waals surface area (Å²) in [5.74, 6) is 11.7. The van der Waals surface area contributed by atoms with E-state index in [2.05, 4.69) is 95.3 Å². The Morgan fingerprint density at radius 3 is 1.24 bits per heavy atom. The lowest BCUT2D eigenvalue weighted by Crippen LogP contribution is -2.41. The number of nitrogens with one attached hydrogen (secondary N) is 1. The minimum absolute atomic E-state index is 0.0151. The quantitative estimate of drug-likeness (QED) is 0.128. The Kier molecular flexibility index (Phi) is 27.2. The van der Waals surface area contributed by atoms with Gasteiger partial charge in [0.1, 0.15) is 0 Å². The normalized spacial score (nSPS) is 32.0. The first-order valence-electron chi connectivity index (χ1n) is 24.4. The zero-order valence-electron chi connectivity index (χ0n) is 39.8. The summed E-state index contributed by atoms with van der Waals surface area (Å²) < 4.78 is 0. The summed E-state index contributed by atoms with van der Waals surface area (Å²) in [6, 6.07) is 1.22. The number of nitrogens with two attached hydrogens (primary N) is 4. The van der Waals surface area contributed by atoms with Crippen LogP contribution in [0.3, 0.4) is 0 Å². The summed E-state index contributed by atoms with van der Waals surface area (Å²) >= 11 is 0. The maximum absolute atomic E-state index is 6.09. The lowest BCUT2D eigenvalue weighted by molar-refractivity contribution is 0.335. The first-order chi connectivity index (χ1) is 25.7. The van der Waals surface area contributed by atoms with Crippen molar-refractivity contribution in [2.45, 2.75) is 223 Å². The van der Waals surface area contributed by atoms with Crippen LogP contribution in [0.4, 0.5) is 0 Å². The van der Waals surface area contributed by atoms with Crippen LogP contribution in [0.5, 0.6) is 0 Å². The fourth-order valence-corrected chi connectivity index (χ4v) is 10.8. The second-order valence-corrected chi connectivity index (χ2v) is 22.5. The maximum Gasteiger partial charge on any atom is 0.0138 e. The predicted molar refractivity (Wildman–Crippen MR) is 247 cm³/mol. The molecule has 5 fully saturated rings. The first-order valence-corrected chi connectivity index (χ1v) is 24.4. The fourth-order valence-electron chi connectivity index (χ4n) is 10.8. The van der Waals surface area contributed by atoms with E-state index in [1.807, 2.05) is 0 Å². The van der Waals surface area contributed by atoms with Gasteiger partial charge in [0.2, 0.25) is 0 Å². The van der Waals surface area contributed by atoms with Gasteiger partial charge in [-0.2, -0.15) is 0 Å². The first kappa shape index (κ1) is 52.8. The van der Waals surface area contributed by atoms with Crippen LogP contribution in [0.2, 0.25) is 0 Å². The molecule has 330 valence electrons. The minimum Gasteiger partial charge on any atom is -0.330 e. The Labute approximate surface area is 347 Å². The molecule has 1 saturated heterocycles. The minimum atomic E-state index is -0.0151. The molecule has 1 unspecified atom stereocenters. The van der Waals surface area contributed by atoms with E-state index < -0.39 is 0 Å². The number of hydrogen-bond acceptors (Lipinski definition) is 5. The molecule has 9 N–H and O–H groups in total. The van der Waals surface area contributed by atoms with Crippen LogP contribution >= 0.6 is 0 Å². The lowest BCUT2D eigenvalue weighted by Gasteiger charge is -2.26. The molecule has 0 aromatic rings. The summed E-state index contributed by atoms with van der Waals surface area (Å²) in [5.41, 5.74) is 23.1. The van der Waals surface area contributed by atoms with Gasteiger partial charge in [0.15, 0.2) is 0 Å². The molecule has 0 spiro atoms. The van der Waals surface area contributed by atoms with Gasteiger partial charge in [-0.15, -0.1) is 0 Å². The maximum atomic E-state index is 6.09. The monoisotopic (exact) mass is 776 g/mol. The molecule has 5 aliphatic rings. The highest BCUT2D eigenvalue weighted by Gasteiger charge is 2.33. The predicted octanol–water partition coefficient (Wildman–Crippen LogP) is 12.2. The molecule has 0 aromatic heterocycles. The van der Waals surface area contributed by atoms with Crippen LogP contribution in [0.25, 0.3) is 0 Å². The van der Waals surface area contributed by atoms with Crippen molar-refractivity contribution in [2.24, 2.45) is 99.9 Å². The SMILES string of the molecule is CC(C)C[C@@H]1CC(C(C)(C)N)CN1.CC(C)C[C@H]1CC[C@@H](CN)C1.CC(C)C[C@H]1CC[C@@H](N)C1.CC(C)C[C@H]1CC[C@H](CN)C1.CC[C@H]1CC[C@@H](C(C)C)C1.